The molecule has 8 heteroatoms. The maximum Gasteiger partial charge on any atom is 0.241 e. The van der Waals surface area contributed by atoms with Crippen molar-refractivity contribution >= 4 is 47.9 Å². The average molecular weight is 963 g/mol. The third-order valence-corrected chi connectivity index (χ3v) is 21.2. The number of benzene rings is 10. The molecule has 13 rings (SSSR count). The first-order valence-corrected chi connectivity index (χ1v) is 27.3. The molecule has 0 unspecified atom stereocenters. The molecule has 72 heavy (non-hydrogen) atoms. The third kappa shape index (κ3) is 7.06. The minimum Gasteiger partial charge on any atom is -0.276 e. The summed E-state index contributed by atoms with van der Waals surface area (Å²) < 4.78 is 4.31. The summed E-state index contributed by atoms with van der Waals surface area (Å²) in [5, 5.41) is 0. The average Bonchev–Trinajstić information content (AvgIpc) is 4.00. The van der Waals surface area contributed by atoms with Crippen LogP contribution in [0.4, 0.5) is 0 Å². The molecular weight excluding hydrogens is 917 g/mol. The van der Waals surface area contributed by atoms with Crippen LogP contribution in [0, 0.1) is 0 Å². The van der Waals surface area contributed by atoms with Crippen molar-refractivity contribution in [3.8, 4) is 28.7 Å². The number of fused-ring (bicyclic) bond motifs is 5. The minimum absolute atomic E-state index is 0.480. The van der Waals surface area contributed by atoms with E-state index in [2.05, 4.69) is 282 Å². The van der Waals surface area contributed by atoms with E-state index in [0.717, 1.165) is 39.0 Å². The molecule has 0 atom stereocenters. The van der Waals surface area contributed by atoms with Crippen molar-refractivity contribution in [2.45, 2.75) is 39.2 Å². The predicted molar refractivity (Wildman–Crippen MR) is 294 cm³/mol. The Kier molecular flexibility index (Phi) is 10.9. The van der Waals surface area contributed by atoms with Crippen LogP contribution in [0.2, 0.25) is 0 Å². The van der Waals surface area contributed by atoms with Crippen LogP contribution in [-0.2, 0) is 0 Å². The molecule has 0 aliphatic heterocycles. The van der Waals surface area contributed by atoms with Gasteiger partial charge < -0.3 is 0 Å². The first kappa shape index (κ1) is 43.2. The van der Waals surface area contributed by atoms with Gasteiger partial charge in [0.05, 0.1) is 22.1 Å². The molecule has 0 aliphatic rings. The van der Waals surface area contributed by atoms with Gasteiger partial charge in [-0.15, -0.1) is 20.1 Å². The number of rotatable bonds is 11. The summed E-state index contributed by atoms with van der Waals surface area (Å²) >= 11 is 0. The van der Waals surface area contributed by atoms with Crippen LogP contribution in [0.1, 0.15) is 0 Å². The Hall–Kier alpha value is -8.82. The third-order valence-electron chi connectivity index (χ3n) is 13.4. The van der Waals surface area contributed by atoms with Gasteiger partial charge in [0.15, 0.2) is 11.6 Å². The Labute approximate surface area is 421 Å². The molecule has 6 nitrogen and oxygen atoms in total. The largest absolute Gasteiger partial charge is 0.276 e. The molecule has 0 saturated carbocycles. The summed E-state index contributed by atoms with van der Waals surface area (Å²) in [6, 6.07) is 100. The van der Waals surface area contributed by atoms with Gasteiger partial charge in [-0.25, -0.2) is 14.5 Å². The first-order valence-electron chi connectivity index (χ1n) is 24.0. The number of hydrogen-bond donors (Lipinski definition) is 0. The zero-order chi connectivity index (χ0) is 47.9. The maximum absolute atomic E-state index is 5.53. The molecule has 0 radical (unpaired) electrons. The molecule has 10 aromatic carbocycles. The quantitative estimate of drug-likeness (QED) is 0.130. The van der Waals surface area contributed by atoms with Crippen LogP contribution >= 0.6 is 20.1 Å². The van der Waals surface area contributed by atoms with E-state index < -0.39 is 20.1 Å². The Morgan fingerprint density at radius 1 is 0.264 bits per heavy atom. The number of nitrogens with zero attached hydrogens (tertiary/aromatic N) is 6. The van der Waals surface area contributed by atoms with Crippen molar-refractivity contribution in [3.63, 3.8) is 0 Å². The van der Waals surface area contributed by atoms with Crippen molar-refractivity contribution in [2.24, 2.45) is 0 Å². The Morgan fingerprint density at radius 3 is 1.00 bits per heavy atom. The first-order chi connectivity index (χ1) is 35.7. The highest BCUT2D eigenvalue weighted by Crippen LogP contribution is 2.74. The van der Waals surface area contributed by atoms with Gasteiger partial charge in [-0.05, 0) is 121 Å². The van der Waals surface area contributed by atoms with Gasteiger partial charge in [0.25, 0.3) is 0 Å². The molecule has 0 aliphatic carbocycles. The van der Waals surface area contributed by atoms with E-state index >= 15 is 0 Å². The normalized spacial score (nSPS) is 12.3. The lowest BCUT2D eigenvalue weighted by molar-refractivity contribution is 0.936. The second-order valence-corrected chi connectivity index (χ2v) is 23.7. The van der Waals surface area contributed by atoms with Crippen LogP contribution < -0.4 is 0 Å². The Morgan fingerprint density at radius 2 is 0.597 bits per heavy atom. The fourth-order valence-corrected chi connectivity index (χ4v) is 18.1. The van der Waals surface area contributed by atoms with Crippen molar-refractivity contribution in [2.75, 3.05) is 0 Å². The van der Waals surface area contributed by atoms with E-state index in [1.165, 1.54) is 39.2 Å². The van der Waals surface area contributed by atoms with Gasteiger partial charge in [0.1, 0.15) is 0 Å². The molecule has 0 spiro atoms. The second-order valence-electron chi connectivity index (χ2n) is 17.5. The Balaban J connectivity index is 1.09. The van der Waals surface area contributed by atoms with E-state index in [1.807, 2.05) is 6.07 Å². The molecule has 0 amide bonds. The van der Waals surface area contributed by atoms with E-state index in [9.17, 15) is 0 Å². The summed E-state index contributed by atoms with van der Waals surface area (Å²) in [6.45, 7) is 0. The van der Waals surface area contributed by atoms with E-state index in [-0.39, 0.29) is 0 Å². The maximum atomic E-state index is 5.53. The van der Waals surface area contributed by atoms with Gasteiger partial charge in [-0.3, -0.25) is 4.40 Å². The van der Waals surface area contributed by atoms with Crippen molar-refractivity contribution in [1.29, 1.82) is 0 Å². The molecule has 344 valence electrons. The summed E-state index contributed by atoms with van der Waals surface area (Å²) in [4.78, 5) is 31.6. The van der Waals surface area contributed by atoms with E-state index in [4.69, 9.17) is 19.9 Å². The van der Waals surface area contributed by atoms with Gasteiger partial charge in [-0.1, -0.05) is 158 Å². The lowest BCUT2D eigenvalue weighted by Gasteiger charge is -2.42. The van der Waals surface area contributed by atoms with E-state index in [0.29, 0.717) is 17.6 Å². The number of para-hydroxylation sites is 4. The number of hydrogen-bond acceptors (Lipinski definition) is 4. The zero-order valence-corrected chi connectivity index (χ0v) is 40.7. The molecule has 0 bridgehead atoms. The van der Waals surface area contributed by atoms with E-state index in [1.54, 1.807) is 0 Å². The minimum atomic E-state index is -2.02. The molecule has 0 saturated heterocycles. The fraction of sp³-hybridized carbons (Fsp3) is 0. The van der Waals surface area contributed by atoms with Crippen LogP contribution in [0.5, 0.6) is 0 Å². The molecule has 0 N–H and O–H groups in total. The van der Waals surface area contributed by atoms with Crippen molar-refractivity contribution in [3.05, 3.63) is 279 Å². The van der Waals surface area contributed by atoms with Crippen LogP contribution in [0.15, 0.2) is 318 Å². The zero-order valence-electron chi connectivity index (χ0n) is 39.1. The van der Waals surface area contributed by atoms with Gasteiger partial charge in [0, 0.05) is 50.3 Å². The number of aromatic nitrogens is 6. The van der Waals surface area contributed by atoms with Crippen LogP contribution in [-0.4, -0.2) is 28.9 Å². The predicted octanol–water partition coefficient (Wildman–Crippen LogP) is 16.6. The summed E-state index contributed by atoms with van der Waals surface area (Å²) in [7, 11) is -4.04. The fourth-order valence-electron chi connectivity index (χ4n) is 10.3. The standard InChI is InChI=1S/C64H46N6S2/c1-7-27-49(28-8-1)71(50-29-9-2-10-30-50,51-31-11-3-12-32-51)55-39-23-25-47(45-55)61-66-62(68-63(67-61)70-60-44-22-21-43-59(60)69-58-42-20-19-41-57(58)65-64(69)70)48-26-24-40-56(46-48)72(52-33-13-4-14-34-52,53-35-15-5-16-36-53)54-37-17-6-18-38-54/h1-46H. The molecule has 13 aromatic rings. The highest BCUT2D eigenvalue weighted by atomic mass is 32.3. The highest BCUT2D eigenvalue weighted by molar-refractivity contribution is 8.34. The molecule has 0 fully saturated rings. The highest BCUT2D eigenvalue weighted by Gasteiger charge is 2.35. The van der Waals surface area contributed by atoms with Crippen LogP contribution in [0.3, 0.4) is 0 Å². The SMILES string of the molecule is c1ccc(S(c2ccccc2)(c2ccccc2)c2cccc(-c3nc(-c4cccc(S(c5ccccc5)(c5ccccc5)c5ccccc5)c4)nc(-n4c5ccccc5n5c6ccccc6nc45)n3)c2)cc1. The lowest BCUT2D eigenvalue weighted by atomic mass is 10.2. The topological polar surface area (TPSA) is 60.9 Å². The van der Waals surface area contributed by atoms with Crippen molar-refractivity contribution in [1.82, 2.24) is 28.9 Å². The Bertz CT molecular complexity index is 3650. The van der Waals surface area contributed by atoms with Crippen molar-refractivity contribution < 1.29 is 0 Å². The van der Waals surface area contributed by atoms with Crippen LogP contribution in [0.25, 0.3) is 56.6 Å². The summed E-state index contributed by atoms with van der Waals surface area (Å²) in [6.07, 6.45) is 0. The second kappa shape index (κ2) is 18.2. The smallest absolute Gasteiger partial charge is 0.241 e. The molecule has 3 heterocycles. The molecule has 3 aromatic heterocycles. The molecular formula is C64H46N6S2. The number of imidazole rings is 2. The van der Waals surface area contributed by atoms with Gasteiger partial charge >= 0.3 is 0 Å². The lowest BCUT2D eigenvalue weighted by Crippen LogP contribution is -2.08. The van der Waals surface area contributed by atoms with Gasteiger partial charge in [-0.2, -0.15) is 9.97 Å². The van der Waals surface area contributed by atoms with Gasteiger partial charge in [0.2, 0.25) is 11.7 Å². The summed E-state index contributed by atoms with van der Waals surface area (Å²) in [5.41, 5.74) is 5.63. The monoisotopic (exact) mass is 962 g/mol. The summed E-state index contributed by atoms with van der Waals surface area (Å²) in [5.74, 6) is 2.33.